The van der Waals surface area contributed by atoms with E-state index in [1.165, 1.54) is 12.3 Å². The SMILES string of the molecule is COc1ccc2c(c1)c(C(=O)N/N=C/c1ccccc1[N+](=O)[O-])c(C)n2C. The highest BCUT2D eigenvalue weighted by Crippen LogP contribution is 2.28. The fourth-order valence-electron chi connectivity index (χ4n) is 2.94. The standard InChI is InChI=1S/C19H18N4O4/c1-12-18(15-10-14(27-3)8-9-17(15)22(12)2)19(24)21-20-11-13-6-4-5-7-16(13)23(25)26/h4-11H,1-3H3,(H,21,24)/b20-11+. The second-order valence-corrected chi connectivity index (χ2v) is 5.92. The molecule has 0 fully saturated rings. The number of para-hydroxylation sites is 1. The Hall–Kier alpha value is -3.68. The zero-order chi connectivity index (χ0) is 19.6. The van der Waals surface area contributed by atoms with E-state index in [1.54, 1.807) is 31.4 Å². The summed E-state index contributed by atoms with van der Waals surface area (Å²) < 4.78 is 7.16. The number of carbonyl (C=O) groups is 1. The Morgan fingerprint density at radius 2 is 2.04 bits per heavy atom. The van der Waals surface area contributed by atoms with Gasteiger partial charge in [-0.15, -0.1) is 0 Å². The van der Waals surface area contributed by atoms with Gasteiger partial charge in [0.25, 0.3) is 11.6 Å². The summed E-state index contributed by atoms with van der Waals surface area (Å²) in [6.07, 6.45) is 1.26. The monoisotopic (exact) mass is 366 g/mol. The molecule has 0 saturated heterocycles. The van der Waals surface area contributed by atoms with Crippen molar-refractivity contribution in [3.63, 3.8) is 0 Å². The molecule has 1 amide bonds. The van der Waals surface area contributed by atoms with Crippen molar-refractivity contribution in [2.45, 2.75) is 6.92 Å². The molecular weight excluding hydrogens is 348 g/mol. The molecule has 3 aromatic rings. The predicted octanol–water partition coefficient (Wildman–Crippen LogP) is 3.17. The minimum absolute atomic E-state index is 0.0819. The van der Waals surface area contributed by atoms with Crippen LogP contribution in [-0.4, -0.2) is 28.7 Å². The second-order valence-electron chi connectivity index (χ2n) is 5.92. The Bertz CT molecular complexity index is 1070. The molecule has 1 N–H and O–H groups in total. The number of rotatable bonds is 5. The van der Waals surface area contributed by atoms with Gasteiger partial charge in [-0.3, -0.25) is 14.9 Å². The van der Waals surface area contributed by atoms with Gasteiger partial charge in [0, 0.05) is 29.7 Å². The molecule has 1 heterocycles. The molecule has 138 valence electrons. The van der Waals surface area contributed by atoms with Gasteiger partial charge in [0.1, 0.15) is 5.75 Å². The summed E-state index contributed by atoms with van der Waals surface area (Å²) in [5, 5.41) is 15.7. The molecule has 0 aliphatic carbocycles. The van der Waals surface area contributed by atoms with Gasteiger partial charge in [-0.05, 0) is 31.2 Å². The van der Waals surface area contributed by atoms with Crippen molar-refractivity contribution in [3.05, 3.63) is 69.4 Å². The van der Waals surface area contributed by atoms with E-state index in [0.29, 0.717) is 16.9 Å². The van der Waals surface area contributed by atoms with Crippen LogP contribution in [0.15, 0.2) is 47.6 Å². The highest BCUT2D eigenvalue weighted by Gasteiger charge is 2.19. The number of benzene rings is 2. The summed E-state index contributed by atoms with van der Waals surface area (Å²) in [5.74, 6) is 0.242. The lowest BCUT2D eigenvalue weighted by Crippen LogP contribution is -2.18. The molecule has 0 spiro atoms. The molecule has 0 saturated carbocycles. The van der Waals surface area contributed by atoms with Crippen molar-refractivity contribution in [1.82, 2.24) is 9.99 Å². The van der Waals surface area contributed by atoms with Gasteiger partial charge in [0.2, 0.25) is 0 Å². The van der Waals surface area contributed by atoms with Crippen LogP contribution >= 0.6 is 0 Å². The maximum atomic E-state index is 12.7. The molecule has 0 unspecified atom stereocenters. The van der Waals surface area contributed by atoms with Gasteiger partial charge in [-0.2, -0.15) is 5.10 Å². The number of hydrazone groups is 1. The first-order valence-electron chi connectivity index (χ1n) is 8.14. The van der Waals surface area contributed by atoms with Crippen LogP contribution in [-0.2, 0) is 7.05 Å². The summed E-state index contributed by atoms with van der Waals surface area (Å²) in [6.45, 7) is 1.84. The van der Waals surface area contributed by atoms with Crippen LogP contribution in [0, 0.1) is 17.0 Å². The van der Waals surface area contributed by atoms with E-state index in [-0.39, 0.29) is 5.69 Å². The molecule has 8 nitrogen and oxygen atoms in total. The number of nitro benzene ring substituents is 1. The third-order valence-corrected chi connectivity index (χ3v) is 4.43. The summed E-state index contributed by atoms with van der Waals surface area (Å²) in [7, 11) is 3.44. The van der Waals surface area contributed by atoms with E-state index >= 15 is 0 Å². The Labute approximate surface area is 155 Å². The number of methoxy groups -OCH3 is 1. The van der Waals surface area contributed by atoms with Crippen LogP contribution in [0.3, 0.4) is 0 Å². The van der Waals surface area contributed by atoms with Gasteiger partial charge in [-0.25, -0.2) is 5.43 Å². The minimum atomic E-state index is -0.496. The number of carbonyl (C=O) groups excluding carboxylic acids is 1. The lowest BCUT2D eigenvalue weighted by Gasteiger charge is -2.02. The van der Waals surface area contributed by atoms with E-state index < -0.39 is 10.8 Å². The number of hydrogen-bond donors (Lipinski definition) is 1. The number of aromatic nitrogens is 1. The van der Waals surface area contributed by atoms with Crippen molar-refractivity contribution < 1.29 is 14.5 Å². The van der Waals surface area contributed by atoms with Crippen LogP contribution in [0.5, 0.6) is 5.75 Å². The first kappa shape index (κ1) is 18.1. The molecule has 3 rings (SSSR count). The molecule has 2 aromatic carbocycles. The Morgan fingerprint density at radius 3 is 2.74 bits per heavy atom. The molecule has 0 aliphatic rings. The van der Waals surface area contributed by atoms with Gasteiger partial charge < -0.3 is 9.30 Å². The van der Waals surface area contributed by atoms with Crippen LogP contribution in [0.4, 0.5) is 5.69 Å². The third-order valence-electron chi connectivity index (χ3n) is 4.43. The number of nitro groups is 1. The summed E-state index contributed by atoms with van der Waals surface area (Å²) in [5.41, 5.74) is 4.82. The van der Waals surface area contributed by atoms with E-state index in [9.17, 15) is 14.9 Å². The Kier molecular flexibility index (Phi) is 4.89. The predicted molar refractivity (Wildman–Crippen MR) is 102 cm³/mol. The van der Waals surface area contributed by atoms with Crippen molar-refractivity contribution in [3.8, 4) is 5.75 Å². The maximum absolute atomic E-state index is 12.7. The van der Waals surface area contributed by atoms with Crippen molar-refractivity contribution in [2.75, 3.05) is 7.11 Å². The Balaban J connectivity index is 1.91. The smallest absolute Gasteiger partial charge is 0.278 e. The minimum Gasteiger partial charge on any atom is -0.497 e. The lowest BCUT2D eigenvalue weighted by molar-refractivity contribution is -0.385. The normalized spacial score (nSPS) is 11.1. The molecule has 8 heteroatoms. The zero-order valence-corrected chi connectivity index (χ0v) is 15.1. The molecule has 27 heavy (non-hydrogen) atoms. The summed E-state index contributed by atoms with van der Waals surface area (Å²) in [4.78, 5) is 23.2. The van der Waals surface area contributed by atoms with Crippen LogP contribution in [0.1, 0.15) is 21.6 Å². The number of nitrogens with zero attached hydrogens (tertiary/aromatic N) is 3. The van der Waals surface area contributed by atoms with E-state index in [4.69, 9.17) is 4.74 Å². The van der Waals surface area contributed by atoms with Crippen molar-refractivity contribution in [2.24, 2.45) is 12.1 Å². The van der Waals surface area contributed by atoms with Crippen LogP contribution in [0.25, 0.3) is 10.9 Å². The topological polar surface area (TPSA) is 98.8 Å². The number of ether oxygens (including phenoxy) is 1. The number of fused-ring (bicyclic) bond motifs is 1. The molecule has 1 aromatic heterocycles. The lowest BCUT2D eigenvalue weighted by atomic mass is 10.1. The largest absolute Gasteiger partial charge is 0.497 e. The van der Waals surface area contributed by atoms with Gasteiger partial charge >= 0.3 is 0 Å². The average Bonchev–Trinajstić information content (AvgIpc) is 2.92. The summed E-state index contributed by atoms with van der Waals surface area (Å²) >= 11 is 0. The van der Waals surface area contributed by atoms with Crippen molar-refractivity contribution >= 4 is 28.7 Å². The maximum Gasteiger partial charge on any atom is 0.278 e. The third kappa shape index (κ3) is 3.37. The zero-order valence-electron chi connectivity index (χ0n) is 15.1. The van der Waals surface area contributed by atoms with Crippen LogP contribution < -0.4 is 10.2 Å². The fourth-order valence-corrected chi connectivity index (χ4v) is 2.94. The molecule has 0 radical (unpaired) electrons. The summed E-state index contributed by atoms with van der Waals surface area (Å²) in [6, 6.07) is 11.7. The molecule has 0 atom stereocenters. The number of nitrogens with one attached hydrogen (secondary N) is 1. The van der Waals surface area contributed by atoms with E-state index in [0.717, 1.165) is 16.6 Å². The highest BCUT2D eigenvalue weighted by atomic mass is 16.6. The van der Waals surface area contributed by atoms with E-state index in [1.807, 2.05) is 30.7 Å². The van der Waals surface area contributed by atoms with Crippen LogP contribution in [0.2, 0.25) is 0 Å². The van der Waals surface area contributed by atoms with Gasteiger partial charge in [0.15, 0.2) is 0 Å². The van der Waals surface area contributed by atoms with Gasteiger partial charge in [-0.1, -0.05) is 12.1 Å². The average molecular weight is 366 g/mol. The first-order valence-corrected chi connectivity index (χ1v) is 8.14. The molecule has 0 bridgehead atoms. The number of hydrogen-bond acceptors (Lipinski definition) is 5. The first-order chi connectivity index (χ1) is 12.9. The molecular formula is C19H18N4O4. The highest BCUT2D eigenvalue weighted by molar-refractivity contribution is 6.09. The second kappa shape index (κ2) is 7.28. The Morgan fingerprint density at radius 1 is 1.30 bits per heavy atom. The van der Waals surface area contributed by atoms with Crippen molar-refractivity contribution in [1.29, 1.82) is 0 Å². The fraction of sp³-hybridized carbons (Fsp3) is 0.158. The number of amides is 1. The van der Waals surface area contributed by atoms with Gasteiger partial charge in [0.05, 0.1) is 29.4 Å². The quantitative estimate of drug-likeness (QED) is 0.426. The van der Waals surface area contributed by atoms with E-state index in [2.05, 4.69) is 10.5 Å². The molecule has 0 aliphatic heterocycles. The number of aryl methyl sites for hydroxylation is 1.